The smallest absolute Gasteiger partial charge is 0.162 e. The predicted octanol–water partition coefficient (Wildman–Crippen LogP) is 2.34. The van der Waals surface area contributed by atoms with Gasteiger partial charge in [0.05, 0.1) is 25.6 Å². The zero-order valence-corrected chi connectivity index (χ0v) is 10.9. The van der Waals surface area contributed by atoms with Crippen molar-refractivity contribution in [2.24, 2.45) is 0 Å². The van der Waals surface area contributed by atoms with Crippen LogP contribution >= 0.6 is 0 Å². The standard InChI is InChI=1S/C13H20N2O2/c1-9(2)15-6-5-14-10-7-12(16-3)13(17-4)8-11(10)15/h7-9,14H,5-6H2,1-4H3. The van der Waals surface area contributed by atoms with Crippen molar-refractivity contribution in [2.75, 3.05) is 37.5 Å². The van der Waals surface area contributed by atoms with Gasteiger partial charge in [0.2, 0.25) is 0 Å². The van der Waals surface area contributed by atoms with E-state index in [0.717, 1.165) is 30.3 Å². The Hall–Kier alpha value is -1.58. The van der Waals surface area contributed by atoms with Gasteiger partial charge < -0.3 is 19.7 Å². The van der Waals surface area contributed by atoms with E-state index in [1.807, 2.05) is 12.1 Å². The Morgan fingerprint density at radius 3 is 2.41 bits per heavy atom. The number of nitrogens with one attached hydrogen (secondary N) is 1. The van der Waals surface area contributed by atoms with E-state index >= 15 is 0 Å². The number of anilines is 2. The summed E-state index contributed by atoms with van der Waals surface area (Å²) in [7, 11) is 3.33. The van der Waals surface area contributed by atoms with Gasteiger partial charge in [-0.1, -0.05) is 0 Å². The minimum atomic E-state index is 0.481. The van der Waals surface area contributed by atoms with Gasteiger partial charge in [-0.3, -0.25) is 0 Å². The summed E-state index contributed by atoms with van der Waals surface area (Å²) in [6.07, 6.45) is 0. The molecule has 0 saturated carbocycles. The normalized spacial score (nSPS) is 14.3. The molecule has 0 spiro atoms. The Kier molecular flexibility index (Phi) is 3.31. The quantitative estimate of drug-likeness (QED) is 0.873. The van der Waals surface area contributed by atoms with Crippen molar-refractivity contribution in [3.63, 3.8) is 0 Å². The molecule has 0 fully saturated rings. The van der Waals surface area contributed by atoms with Gasteiger partial charge >= 0.3 is 0 Å². The Balaban J connectivity index is 2.47. The zero-order valence-electron chi connectivity index (χ0n) is 10.9. The van der Waals surface area contributed by atoms with Crippen molar-refractivity contribution in [3.8, 4) is 11.5 Å². The molecule has 1 N–H and O–H groups in total. The van der Waals surface area contributed by atoms with Gasteiger partial charge in [0.15, 0.2) is 11.5 Å². The molecular weight excluding hydrogens is 216 g/mol. The van der Waals surface area contributed by atoms with Crippen molar-refractivity contribution in [3.05, 3.63) is 12.1 Å². The summed E-state index contributed by atoms with van der Waals surface area (Å²) in [5.41, 5.74) is 2.30. The fraction of sp³-hybridized carbons (Fsp3) is 0.538. The molecule has 0 amide bonds. The molecule has 1 aliphatic heterocycles. The van der Waals surface area contributed by atoms with E-state index in [0.29, 0.717) is 6.04 Å². The van der Waals surface area contributed by atoms with E-state index in [4.69, 9.17) is 9.47 Å². The van der Waals surface area contributed by atoms with E-state index < -0.39 is 0 Å². The lowest BCUT2D eigenvalue weighted by Gasteiger charge is -2.35. The first-order valence-electron chi connectivity index (χ1n) is 5.94. The fourth-order valence-electron chi connectivity index (χ4n) is 2.22. The molecule has 0 atom stereocenters. The van der Waals surface area contributed by atoms with Gasteiger partial charge in [0.1, 0.15) is 0 Å². The van der Waals surface area contributed by atoms with Gasteiger partial charge in [-0.2, -0.15) is 0 Å². The first kappa shape index (κ1) is 11.9. The van der Waals surface area contributed by atoms with Crippen molar-refractivity contribution in [1.29, 1.82) is 0 Å². The van der Waals surface area contributed by atoms with Crippen LogP contribution in [0.5, 0.6) is 11.5 Å². The lowest BCUT2D eigenvalue weighted by atomic mass is 10.1. The molecule has 1 heterocycles. The van der Waals surface area contributed by atoms with Gasteiger partial charge in [-0.15, -0.1) is 0 Å². The highest BCUT2D eigenvalue weighted by Gasteiger charge is 2.21. The van der Waals surface area contributed by atoms with Crippen LogP contribution in [0, 0.1) is 0 Å². The molecule has 0 bridgehead atoms. The van der Waals surface area contributed by atoms with Crippen LogP contribution in [-0.2, 0) is 0 Å². The third-order valence-electron chi connectivity index (χ3n) is 3.10. The number of nitrogens with zero attached hydrogens (tertiary/aromatic N) is 1. The lowest BCUT2D eigenvalue weighted by Crippen LogP contribution is -2.38. The highest BCUT2D eigenvalue weighted by molar-refractivity contribution is 5.77. The number of ether oxygens (including phenoxy) is 2. The molecule has 4 heteroatoms. The van der Waals surface area contributed by atoms with Gasteiger partial charge in [-0.05, 0) is 13.8 Å². The van der Waals surface area contributed by atoms with E-state index in [2.05, 4.69) is 24.1 Å². The van der Waals surface area contributed by atoms with Crippen LogP contribution in [0.2, 0.25) is 0 Å². The highest BCUT2D eigenvalue weighted by atomic mass is 16.5. The maximum absolute atomic E-state index is 5.35. The molecule has 0 aromatic heterocycles. The van der Waals surface area contributed by atoms with Crippen molar-refractivity contribution >= 4 is 11.4 Å². The average molecular weight is 236 g/mol. The van der Waals surface area contributed by atoms with Gasteiger partial charge in [0.25, 0.3) is 0 Å². The molecule has 2 rings (SSSR count). The SMILES string of the molecule is COc1cc2c(cc1OC)N(C(C)C)CCN2. The molecule has 1 aromatic carbocycles. The summed E-state index contributed by atoms with van der Waals surface area (Å²) in [6.45, 7) is 6.37. The average Bonchev–Trinajstić information content (AvgIpc) is 2.35. The molecule has 4 nitrogen and oxygen atoms in total. The zero-order chi connectivity index (χ0) is 12.4. The number of fused-ring (bicyclic) bond motifs is 1. The molecule has 0 unspecified atom stereocenters. The summed E-state index contributed by atoms with van der Waals surface area (Å²) < 4.78 is 10.7. The molecular formula is C13H20N2O2. The van der Waals surface area contributed by atoms with Crippen LogP contribution < -0.4 is 19.7 Å². The summed E-state index contributed by atoms with van der Waals surface area (Å²) >= 11 is 0. The molecule has 0 aliphatic carbocycles. The van der Waals surface area contributed by atoms with E-state index in [1.54, 1.807) is 14.2 Å². The summed E-state index contributed by atoms with van der Waals surface area (Å²) in [5, 5.41) is 3.40. The van der Waals surface area contributed by atoms with Gasteiger partial charge in [0, 0.05) is 31.3 Å². The summed E-state index contributed by atoms with van der Waals surface area (Å²) in [5.74, 6) is 1.55. The second-order valence-corrected chi connectivity index (χ2v) is 4.44. The molecule has 1 aromatic rings. The van der Waals surface area contributed by atoms with E-state index in [1.165, 1.54) is 5.69 Å². The van der Waals surface area contributed by atoms with Crippen LogP contribution in [-0.4, -0.2) is 33.4 Å². The predicted molar refractivity (Wildman–Crippen MR) is 70.5 cm³/mol. The molecule has 1 aliphatic rings. The first-order chi connectivity index (χ1) is 8.17. The minimum Gasteiger partial charge on any atom is -0.493 e. The molecule has 94 valence electrons. The summed E-state index contributed by atoms with van der Waals surface area (Å²) in [4.78, 5) is 2.37. The second-order valence-electron chi connectivity index (χ2n) is 4.44. The van der Waals surface area contributed by atoms with Crippen LogP contribution in [0.3, 0.4) is 0 Å². The Bertz CT molecular complexity index is 405. The van der Waals surface area contributed by atoms with E-state index in [-0.39, 0.29) is 0 Å². The van der Waals surface area contributed by atoms with Crippen molar-refractivity contribution in [2.45, 2.75) is 19.9 Å². The molecule has 17 heavy (non-hydrogen) atoms. The van der Waals surface area contributed by atoms with Crippen LogP contribution in [0.25, 0.3) is 0 Å². The van der Waals surface area contributed by atoms with Gasteiger partial charge in [-0.25, -0.2) is 0 Å². The van der Waals surface area contributed by atoms with Crippen LogP contribution in [0.15, 0.2) is 12.1 Å². The number of hydrogen-bond donors (Lipinski definition) is 1. The Morgan fingerprint density at radius 2 is 1.82 bits per heavy atom. The number of rotatable bonds is 3. The Labute approximate surface area is 103 Å². The third-order valence-corrected chi connectivity index (χ3v) is 3.10. The number of hydrogen-bond acceptors (Lipinski definition) is 4. The fourth-order valence-corrected chi connectivity index (χ4v) is 2.22. The first-order valence-corrected chi connectivity index (χ1v) is 5.94. The Morgan fingerprint density at radius 1 is 1.18 bits per heavy atom. The topological polar surface area (TPSA) is 33.7 Å². The maximum Gasteiger partial charge on any atom is 0.162 e. The minimum absolute atomic E-state index is 0.481. The maximum atomic E-state index is 5.35. The molecule has 0 saturated heterocycles. The monoisotopic (exact) mass is 236 g/mol. The van der Waals surface area contributed by atoms with Crippen molar-refractivity contribution < 1.29 is 9.47 Å². The number of methoxy groups -OCH3 is 2. The van der Waals surface area contributed by atoms with Crippen LogP contribution in [0.4, 0.5) is 11.4 Å². The lowest BCUT2D eigenvalue weighted by molar-refractivity contribution is 0.355. The highest BCUT2D eigenvalue weighted by Crippen LogP contribution is 2.40. The van der Waals surface area contributed by atoms with E-state index in [9.17, 15) is 0 Å². The largest absolute Gasteiger partial charge is 0.493 e. The van der Waals surface area contributed by atoms with Crippen LogP contribution in [0.1, 0.15) is 13.8 Å². The summed E-state index contributed by atoms with van der Waals surface area (Å²) in [6, 6.07) is 4.53. The molecule has 0 radical (unpaired) electrons. The number of benzene rings is 1. The van der Waals surface area contributed by atoms with Crippen molar-refractivity contribution in [1.82, 2.24) is 0 Å². The third kappa shape index (κ3) is 2.12. The second kappa shape index (κ2) is 4.73.